The third-order valence-corrected chi connectivity index (χ3v) is 5.14. The summed E-state index contributed by atoms with van der Waals surface area (Å²) in [6, 6.07) is 9.20. The number of amides is 1. The van der Waals surface area contributed by atoms with Crippen LogP contribution in [-0.2, 0) is 13.2 Å². The zero-order chi connectivity index (χ0) is 19.4. The summed E-state index contributed by atoms with van der Waals surface area (Å²) in [6.45, 7) is 4.62. The molecule has 1 amide bonds. The molecule has 0 N–H and O–H groups in total. The van der Waals surface area contributed by atoms with Gasteiger partial charge in [-0.05, 0) is 43.5 Å². The van der Waals surface area contributed by atoms with Crippen LogP contribution in [0, 0.1) is 13.8 Å². The summed E-state index contributed by atoms with van der Waals surface area (Å²) in [7, 11) is 3.35. The monoisotopic (exact) mass is 386 g/mol. The van der Waals surface area contributed by atoms with E-state index in [1.54, 1.807) is 48.6 Å². The van der Waals surface area contributed by atoms with Crippen LogP contribution in [0.5, 0.6) is 11.5 Å². The van der Waals surface area contributed by atoms with Crippen molar-refractivity contribution in [2.24, 2.45) is 0 Å². The molecular weight excluding hydrogens is 364 g/mol. The minimum absolute atomic E-state index is 0.0704. The van der Waals surface area contributed by atoms with Gasteiger partial charge >= 0.3 is 0 Å². The summed E-state index contributed by atoms with van der Waals surface area (Å²) in [5.74, 6) is 1.74. The van der Waals surface area contributed by atoms with Crippen molar-refractivity contribution in [3.8, 4) is 11.5 Å². The number of methoxy groups -OCH3 is 1. The number of hydrogen-bond acceptors (Lipinski definition) is 6. The predicted molar refractivity (Wildman–Crippen MR) is 103 cm³/mol. The lowest BCUT2D eigenvalue weighted by Crippen LogP contribution is -2.25. The van der Waals surface area contributed by atoms with Crippen molar-refractivity contribution in [3.63, 3.8) is 0 Å². The smallest absolute Gasteiger partial charge is 0.254 e. The topological polar surface area (TPSA) is 64.8 Å². The average molecular weight is 386 g/mol. The van der Waals surface area contributed by atoms with Crippen molar-refractivity contribution >= 4 is 17.2 Å². The van der Waals surface area contributed by atoms with Crippen LogP contribution in [0.3, 0.4) is 0 Å². The highest BCUT2D eigenvalue weighted by Crippen LogP contribution is 2.30. The molecule has 0 aliphatic heterocycles. The van der Waals surface area contributed by atoms with E-state index in [1.807, 2.05) is 31.4 Å². The number of thiophene rings is 1. The van der Waals surface area contributed by atoms with Gasteiger partial charge in [-0.15, -0.1) is 11.3 Å². The molecule has 2 aromatic heterocycles. The maximum Gasteiger partial charge on any atom is 0.254 e. The van der Waals surface area contributed by atoms with Crippen LogP contribution in [0.15, 0.2) is 40.2 Å². The van der Waals surface area contributed by atoms with Crippen LogP contribution in [0.2, 0.25) is 0 Å². The van der Waals surface area contributed by atoms with E-state index < -0.39 is 0 Å². The first kappa shape index (κ1) is 19.0. The fraction of sp³-hybridized carbons (Fsp3) is 0.300. The number of aryl methyl sites for hydroxylation is 2. The van der Waals surface area contributed by atoms with Gasteiger partial charge in [0.1, 0.15) is 12.4 Å². The maximum absolute atomic E-state index is 12.7. The molecule has 6 nitrogen and oxygen atoms in total. The van der Waals surface area contributed by atoms with E-state index in [9.17, 15) is 4.79 Å². The fourth-order valence-corrected chi connectivity index (χ4v) is 3.46. The Morgan fingerprint density at radius 2 is 2.07 bits per heavy atom. The molecule has 2 heterocycles. The van der Waals surface area contributed by atoms with Crippen LogP contribution in [0.4, 0.5) is 0 Å². The van der Waals surface area contributed by atoms with Gasteiger partial charge in [-0.1, -0.05) is 11.2 Å². The molecule has 142 valence electrons. The summed E-state index contributed by atoms with van der Waals surface area (Å²) in [6.07, 6.45) is 0. The number of carbonyl (C=O) groups is 1. The number of rotatable bonds is 7. The van der Waals surface area contributed by atoms with Crippen LogP contribution in [-0.4, -0.2) is 30.1 Å². The van der Waals surface area contributed by atoms with Crippen molar-refractivity contribution in [1.82, 2.24) is 10.1 Å². The summed E-state index contributed by atoms with van der Waals surface area (Å²) >= 11 is 1.63. The molecule has 27 heavy (non-hydrogen) atoms. The van der Waals surface area contributed by atoms with Gasteiger partial charge in [-0.25, -0.2) is 0 Å². The van der Waals surface area contributed by atoms with Crippen molar-refractivity contribution < 1.29 is 18.8 Å². The first-order valence-corrected chi connectivity index (χ1v) is 9.38. The van der Waals surface area contributed by atoms with E-state index in [2.05, 4.69) is 5.16 Å². The van der Waals surface area contributed by atoms with Crippen LogP contribution in [0.1, 0.15) is 32.3 Å². The molecule has 0 fully saturated rings. The van der Waals surface area contributed by atoms with Gasteiger partial charge in [0.2, 0.25) is 0 Å². The lowest BCUT2D eigenvalue weighted by Gasteiger charge is -2.17. The van der Waals surface area contributed by atoms with E-state index >= 15 is 0 Å². The second kappa shape index (κ2) is 8.26. The molecule has 0 atom stereocenters. The normalized spacial score (nSPS) is 10.7. The number of nitrogens with zero attached hydrogens (tertiary/aromatic N) is 2. The van der Waals surface area contributed by atoms with Crippen LogP contribution >= 0.6 is 11.3 Å². The second-order valence-corrected chi connectivity index (χ2v) is 7.23. The van der Waals surface area contributed by atoms with Crippen LogP contribution < -0.4 is 9.47 Å². The van der Waals surface area contributed by atoms with E-state index in [0.717, 1.165) is 21.9 Å². The Bertz CT molecular complexity index is 899. The highest BCUT2D eigenvalue weighted by Gasteiger charge is 2.17. The standard InChI is InChI=1S/C20H22N2O4S/c1-13-17(14(2)26-21-13)12-25-18-8-7-15(10-19(18)24-4)20(23)22(3)11-16-6-5-9-27-16/h5-10H,11-12H2,1-4H3. The molecular formula is C20H22N2O4S. The first-order chi connectivity index (χ1) is 13.0. The number of benzene rings is 1. The maximum atomic E-state index is 12.7. The zero-order valence-corrected chi connectivity index (χ0v) is 16.6. The largest absolute Gasteiger partial charge is 0.493 e. The highest BCUT2D eigenvalue weighted by molar-refractivity contribution is 7.09. The zero-order valence-electron chi connectivity index (χ0n) is 15.8. The van der Waals surface area contributed by atoms with E-state index in [1.165, 1.54) is 0 Å². The molecule has 0 spiro atoms. The van der Waals surface area contributed by atoms with Crippen molar-refractivity contribution in [2.75, 3.05) is 14.2 Å². The molecule has 7 heteroatoms. The SMILES string of the molecule is COc1cc(C(=O)N(C)Cc2cccs2)ccc1OCc1c(C)noc1C. The van der Waals surface area contributed by atoms with Gasteiger partial charge in [-0.3, -0.25) is 4.79 Å². The lowest BCUT2D eigenvalue weighted by molar-refractivity contribution is 0.0786. The molecule has 0 aliphatic rings. The Labute approximate surface area is 162 Å². The molecule has 0 radical (unpaired) electrons. The summed E-state index contributed by atoms with van der Waals surface area (Å²) in [5.41, 5.74) is 2.26. The Morgan fingerprint density at radius 1 is 1.26 bits per heavy atom. The third kappa shape index (κ3) is 4.31. The molecule has 0 bridgehead atoms. The molecule has 3 aromatic rings. The van der Waals surface area contributed by atoms with E-state index in [4.69, 9.17) is 14.0 Å². The molecule has 3 rings (SSSR count). The van der Waals surface area contributed by atoms with Gasteiger partial charge in [0.15, 0.2) is 11.5 Å². The van der Waals surface area contributed by atoms with Gasteiger partial charge in [0.25, 0.3) is 5.91 Å². The Balaban J connectivity index is 1.72. The lowest BCUT2D eigenvalue weighted by atomic mass is 10.1. The Kier molecular flexibility index (Phi) is 5.81. The van der Waals surface area contributed by atoms with Crippen LogP contribution in [0.25, 0.3) is 0 Å². The number of ether oxygens (including phenoxy) is 2. The van der Waals surface area contributed by atoms with Crippen molar-refractivity contribution in [2.45, 2.75) is 27.0 Å². The van der Waals surface area contributed by atoms with E-state index in [0.29, 0.717) is 30.2 Å². The van der Waals surface area contributed by atoms with Crippen molar-refractivity contribution in [1.29, 1.82) is 0 Å². The fourth-order valence-electron chi connectivity index (χ4n) is 2.71. The van der Waals surface area contributed by atoms with Gasteiger partial charge in [-0.2, -0.15) is 0 Å². The average Bonchev–Trinajstić information content (AvgIpc) is 3.29. The highest BCUT2D eigenvalue weighted by atomic mass is 32.1. The molecule has 0 saturated carbocycles. The summed E-state index contributed by atoms with van der Waals surface area (Å²) in [4.78, 5) is 15.5. The quantitative estimate of drug-likeness (QED) is 0.608. The van der Waals surface area contributed by atoms with Gasteiger partial charge < -0.3 is 18.9 Å². The number of aromatic nitrogens is 1. The third-order valence-electron chi connectivity index (χ3n) is 4.28. The minimum Gasteiger partial charge on any atom is -0.493 e. The molecule has 0 aliphatic carbocycles. The first-order valence-electron chi connectivity index (χ1n) is 8.50. The summed E-state index contributed by atoms with van der Waals surface area (Å²) in [5, 5.41) is 5.92. The van der Waals surface area contributed by atoms with Gasteiger partial charge in [0.05, 0.1) is 24.9 Å². The van der Waals surface area contributed by atoms with E-state index in [-0.39, 0.29) is 5.91 Å². The minimum atomic E-state index is -0.0704. The molecule has 0 saturated heterocycles. The summed E-state index contributed by atoms with van der Waals surface area (Å²) < 4.78 is 16.4. The molecule has 1 aromatic carbocycles. The Morgan fingerprint density at radius 3 is 2.70 bits per heavy atom. The molecule has 0 unspecified atom stereocenters. The number of carbonyl (C=O) groups excluding carboxylic acids is 1. The van der Waals surface area contributed by atoms with Crippen molar-refractivity contribution in [3.05, 3.63) is 63.2 Å². The number of hydrogen-bond donors (Lipinski definition) is 0. The second-order valence-electron chi connectivity index (χ2n) is 6.20. The predicted octanol–water partition coefficient (Wildman–Crippen LogP) is 4.21. The Hall–Kier alpha value is -2.80. The van der Waals surface area contributed by atoms with Gasteiger partial charge in [0, 0.05) is 17.5 Å².